The minimum atomic E-state index is -0.239. The number of aromatic nitrogens is 2. The van der Waals surface area contributed by atoms with E-state index < -0.39 is 0 Å². The van der Waals surface area contributed by atoms with Crippen molar-refractivity contribution in [3.05, 3.63) is 88.6 Å². The molecule has 0 saturated carbocycles. The molecule has 4 rings (SSSR count). The van der Waals surface area contributed by atoms with Crippen LogP contribution in [0.1, 0.15) is 34.6 Å². The molecule has 0 spiro atoms. The highest BCUT2D eigenvalue weighted by Crippen LogP contribution is 2.25. The molecule has 2 heterocycles. The third-order valence-corrected chi connectivity index (χ3v) is 5.92. The summed E-state index contributed by atoms with van der Waals surface area (Å²) in [7, 11) is 0. The van der Waals surface area contributed by atoms with Gasteiger partial charge in [0.25, 0.3) is 0 Å². The highest BCUT2D eigenvalue weighted by atomic mass is 19.1. The molecular weight excluding hydrogens is 403 g/mol. The molecule has 5 nitrogen and oxygen atoms in total. The number of halogens is 1. The van der Waals surface area contributed by atoms with Gasteiger partial charge in [0.2, 0.25) is 5.91 Å². The van der Waals surface area contributed by atoms with Gasteiger partial charge in [0.05, 0.1) is 6.42 Å². The predicted molar refractivity (Wildman–Crippen MR) is 124 cm³/mol. The maximum atomic E-state index is 13.7. The Labute approximate surface area is 188 Å². The molecule has 32 heavy (non-hydrogen) atoms. The van der Waals surface area contributed by atoms with E-state index in [9.17, 15) is 9.18 Å². The van der Waals surface area contributed by atoms with Gasteiger partial charge >= 0.3 is 0 Å². The van der Waals surface area contributed by atoms with Gasteiger partial charge in [-0.05, 0) is 43.5 Å². The lowest BCUT2D eigenvalue weighted by atomic mass is 10.0. The van der Waals surface area contributed by atoms with Crippen LogP contribution in [0, 0.1) is 19.7 Å². The number of carbonyl (C=O) groups is 1. The summed E-state index contributed by atoms with van der Waals surface area (Å²) in [6.45, 7) is 6.82. The monoisotopic (exact) mass is 432 g/mol. The minimum Gasteiger partial charge on any atom is -0.354 e. The zero-order valence-electron chi connectivity index (χ0n) is 18.7. The Kier molecular flexibility index (Phi) is 6.78. The van der Waals surface area contributed by atoms with Crippen molar-refractivity contribution < 1.29 is 9.18 Å². The van der Waals surface area contributed by atoms with Crippen LogP contribution >= 0.6 is 0 Å². The highest BCUT2D eigenvalue weighted by molar-refractivity contribution is 5.78. The van der Waals surface area contributed by atoms with Crippen molar-refractivity contribution in [3.63, 3.8) is 0 Å². The smallest absolute Gasteiger partial charge is 0.227 e. The van der Waals surface area contributed by atoms with Crippen LogP contribution in [0.25, 0.3) is 0 Å². The lowest BCUT2D eigenvalue weighted by Gasteiger charge is -2.26. The average Bonchev–Trinajstić information content (AvgIpc) is 3.03. The first kappa shape index (κ1) is 21.9. The average molecular weight is 433 g/mol. The Hall–Kier alpha value is -3.28. The maximum absolute atomic E-state index is 13.7. The Balaban J connectivity index is 1.51. The summed E-state index contributed by atoms with van der Waals surface area (Å²) in [5, 5.41) is 0. The van der Waals surface area contributed by atoms with Crippen LogP contribution < -0.4 is 4.90 Å². The van der Waals surface area contributed by atoms with Crippen molar-refractivity contribution in [1.29, 1.82) is 0 Å². The van der Waals surface area contributed by atoms with E-state index in [1.54, 1.807) is 12.1 Å². The lowest BCUT2D eigenvalue weighted by molar-refractivity contribution is -0.130. The number of anilines is 1. The van der Waals surface area contributed by atoms with Crippen molar-refractivity contribution in [2.24, 2.45) is 0 Å². The van der Waals surface area contributed by atoms with Crippen LogP contribution in [0.4, 0.5) is 10.2 Å². The number of benzene rings is 2. The fourth-order valence-corrected chi connectivity index (χ4v) is 4.30. The number of carbonyl (C=O) groups excluding carboxylic acids is 1. The number of hydrogen-bond acceptors (Lipinski definition) is 4. The first-order valence-electron chi connectivity index (χ1n) is 11.1. The SMILES string of the molecule is Cc1nc(C)c(Cc2cccc(F)c2)c(N2CCCN(C(=O)Cc3ccccc3)CC2)n1. The van der Waals surface area contributed by atoms with Gasteiger partial charge in [0, 0.05) is 43.9 Å². The molecule has 1 fully saturated rings. The fourth-order valence-electron chi connectivity index (χ4n) is 4.30. The summed E-state index contributed by atoms with van der Waals surface area (Å²) >= 11 is 0. The van der Waals surface area contributed by atoms with E-state index in [2.05, 4.69) is 9.88 Å². The molecule has 1 amide bonds. The second-order valence-electron chi connectivity index (χ2n) is 8.35. The number of rotatable bonds is 5. The van der Waals surface area contributed by atoms with Gasteiger partial charge in [-0.25, -0.2) is 14.4 Å². The molecule has 2 aromatic carbocycles. The van der Waals surface area contributed by atoms with Gasteiger partial charge in [-0.1, -0.05) is 42.5 Å². The Morgan fingerprint density at radius 2 is 1.72 bits per heavy atom. The summed E-state index contributed by atoms with van der Waals surface area (Å²) in [5.41, 5.74) is 3.87. The Bertz CT molecular complexity index is 1090. The minimum absolute atomic E-state index is 0.160. The van der Waals surface area contributed by atoms with Gasteiger partial charge < -0.3 is 9.80 Å². The number of hydrogen-bond donors (Lipinski definition) is 0. The van der Waals surface area contributed by atoms with Gasteiger partial charge in [-0.3, -0.25) is 4.79 Å². The van der Waals surface area contributed by atoms with Crippen LogP contribution in [0.5, 0.6) is 0 Å². The van der Waals surface area contributed by atoms with Gasteiger partial charge in [-0.2, -0.15) is 0 Å². The van der Waals surface area contributed by atoms with E-state index >= 15 is 0 Å². The summed E-state index contributed by atoms with van der Waals surface area (Å²) in [6, 6.07) is 16.6. The second-order valence-corrected chi connectivity index (χ2v) is 8.35. The van der Waals surface area contributed by atoms with Crippen LogP contribution in [0.2, 0.25) is 0 Å². The normalized spacial score (nSPS) is 14.3. The summed E-state index contributed by atoms with van der Waals surface area (Å²) in [6.07, 6.45) is 1.88. The molecule has 0 N–H and O–H groups in total. The molecular formula is C26H29FN4O. The van der Waals surface area contributed by atoms with Crippen molar-refractivity contribution in [2.75, 3.05) is 31.1 Å². The zero-order valence-corrected chi connectivity index (χ0v) is 18.7. The van der Waals surface area contributed by atoms with E-state index in [1.807, 2.05) is 55.1 Å². The van der Waals surface area contributed by atoms with Crippen LogP contribution in [-0.4, -0.2) is 47.0 Å². The van der Waals surface area contributed by atoms with Crippen molar-refractivity contribution in [1.82, 2.24) is 14.9 Å². The fraction of sp³-hybridized carbons (Fsp3) is 0.346. The molecule has 3 aromatic rings. The summed E-state index contributed by atoms with van der Waals surface area (Å²) in [4.78, 5) is 26.4. The van der Waals surface area contributed by atoms with E-state index in [-0.39, 0.29) is 11.7 Å². The van der Waals surface area contributed by atoms with E-state index in [4.69, 9.17) is 4.98 Å². The summed E-state index contributed by atoms with van der Waals surface area (Å²) < 4.78 is 13.7. The molecule has 0 radical (unpaired) electrons. The number of aryl methyl sites for hydroxylation is 2. The lowest BCUT2D eigenvalue weighted by Crippen LogP contribution is -2.36. The molecule has 1 aromatic heterocycles. The largest absolute Gasteiger partial charge is 0.354 e. The van der Waals surface area contributed by atoms with Crippen LogP contribution in [0.15, 0.2) is 54.6 Å². The molecule has 1 aliphatic heterocycles. The maximum Gasteiger partial charge on any atom is 0.227 e. The first-order valence-corrected chi connectivity index (χ1v) is 11.1. The van der Waals surface area contributed by atoms with Crippen molar-refractivity contribution >= 4 is 11.7 Å². The third kappa shape index (κ3) is 5.31. The van der Waals surface area contributed by atoms with Gasteiger partial charge in [-0.15, -0.1) is 0 Å². The van der Waals surface area contributed by atoms with Gasteiger partial charge in [0.15, 0.2) is 0 Å². The quantitative estimate of drug-likeness (QED) is 0.609. The Morgan fingerprint density at radius 3 is 2.50 bits per heavy atom. The predicted octanol–water partition coefficient (Wildman–Crippen LogP) is 4.10. The van der Waals surface area contributed by atoms with Crippen molar-refractivity contribution in [2.45, 2.75) is 33.1 Å². The topological polar surface area (TPSA) is 49.3 Å². The highest BCUT2D eigenvalue weighted by Gasteiger charge is 2.23. The van der Waals surface area contributed by atoms with E-state index in [0.29, 0.717) is 25.9 Å². The van der Waals surface area contributed by atoms with Crippen LogP contribution in [-0.2, 0) is 17.6 Å². The molecule has 166 valence electrons. The first-order chi connectivity index (χ1) is 15.5. The van der Waals surface area contributed by atoms with E-state index in [1.165, 1.54) is 6.07 Å². The Morgan fingerprint density at radius 1 is 0.938 bits per heavy atom. The van der Waals surface area contributed by atoms with E-state index in [0.717, 1.165) is 53.5 Å². The molecule has 1 aliphatic rings. The molecule has 0 unspecified atom stereocenters. The number of nitrogens with zero attached hydrogens (tertiary/aromatic N) is 4. The van der Waals surface area contributed by atoms with Crippen LogP contribution in [0.3, 0.4) is 0 Å². The summed E-state index contributed by atoms with van der Waals surface area (Å²) in [5.74, 6) is 1.54. The van der Waals surface area contributed by atoms with Gasteiger partial charge in [0.1, 0.15) is 17.5 Å². The third-order valence-electron chi connectivity index (χ3n) is 5.92. The van der Waals surface area contributed by atoms with Crippen molar-refractivity contribution in [3.8, 4) is 0 Å². The molecule has 0 atom stereocenters. The molecule has 0 bridgehead atoms. The molecule has 1 saturated heterocycles. The standard InChI is InChI=1S/C26H29FN4O/c1-19-24(17-22-10-6-11-23(27)16-22)26(29-20(2)28-19)31-13-7-12-30(14-15-31)25(32)18-21-8-4-3-5-9-21/h3-6,8-11,16H,7,12-15,17-18H2,1-2H3. The number of amides is 1. The second kappa shape index (κ2) is 9.90. The molecule has 0 aliphatic carbocycles. The molecule has 6 heteroatoms. The zero-order chi connectivity index (χ0) is 22.5.